The summed E-state index contributed by atoms with van der Waals surface area (Å²) in [6.45, 7) is 3.68. The topological polar surface area (TPSA) is 40.5 Å². The van der Waals surface area contributed by atoms with E-state index in [1.807, 2.05) is 18.2 Å². The molecule has 1 amide bonds. The molecule has 0 radical (unpaired) electrons. The molecule has 0 saturated heterocycles. The molecule has 1 N–H and O–H groups in total. The van der Waals surface area contributed by atoms with Gasteiger partial charge >= 0.3 is 6.18 Å². The van der Waals surface area contributed by atoms with Gasteiger partial charge in [-0.1, -0.05) is 30.8 Å². The van der Waals surface area contributed by atoms with Crippen molar-refractivity contribution < 1.29 is 23.1 Å². The Kier molecular flexibility index (Phi) is 4.87. The summed E-state index contributed by atoms with van der Waals surface area (Å²) < 4.78 is 38.1. The quantitative estimate of drug-likeness (QED) is 0.845. The van der Waals surface area contributed by atoms with Crippen LogP contribution in [-0.4, -0.2) is 28.6 Å². The summed E-state index contributed by atoms with van der Waals surface area (Å²) in [5.41, 5.74) is 2.71. The number of halogens is 3. The minimum atomic E-state index is -4.36. The predicted octanol–water partition coefficient (Wildman–Crippen LogP) is 3.80. The summed E-state index contributed by atoms with van der Waals surface area (Å²) in [7, 11) is 0. The molecule has 0 saturated carbocycles. The zero-order chi connectivity index (χ0) is 18.9. The molecular formula is C20H18F3NO2. The number of rotatable bonds is 3. The van der Waals surface area contributed by atoms with Gasteiger partial charge in [0.2, 0.25) is 5.91 Å². The average Bonchev–Trinajstić information content (AvgIpc) is 2.65. The molecule has 3 nitrogen and oxygen atoms in total. The monoisotopic (exact) mass is 361 g/mol. The van der Waals surface area contributed by atoms with Crippen LogP contribution in [0.25, 0.3) is 11.1 Å². The van der Waals surface area contributed by atoms with Crippen molar-refractivity contribution in [1.29, 1.82) is 0 Å². The molecule has 0 fully saturated rings. The van der Waals surface area contributed by atoms with Crippen molar-refractivity contribution in [3.05, 3.63) is 71.8 Å². The van der Waals surface area contributed by atoms with E-state index in [1.165, 1.54) is 18.2 Å². The van der Waals surface area contributed by atoms with E-state index in [4.69, 9.17) is 0 Å². The summed E-state index contributed by atoms with van der Waals surface area (Å²) in [5, 5.41) is 9.54. The van der Waals surface area contributed by atoms with Crippen LogP contribution in [0, 0.1) is 0 Å². The number of nitrogens with zero attached hydrogens (tertiary/aromatic N) is 1. The normalized spacial score (nSPS) is 16.9. The maximum Gasteiger partial charge on any atom is 0.416 e. The Hall–Kier alpha value is -2.60. The standard InChI is InChI=1S/C20H18F3NO2/c1-2-19(26)24-11-16-9-14(3-4-15(16)10-18(24)12-25)13-5-7-17(8-6-13)20(21,22)23/h2-9,18,25H,1,10-12H2. The van der Waals surface area contributed by atoms with Gasteiger partial charge in [0, 0.05) is 6.54 Å². The van der Waals surface area contributed by atoms with Crippen molar-refractivity contribution in [3.63, 3.8) is 0 Å². The lowest BCUT2D eigenvalue weighted by atomic mass is 9.91. The fourth-order valence-electron chi connectivity index (χ4n) is 3.22. The molecule has 1 aliphatic heterocycles. The summed E-state index contributed by atoms with van der Waals surface area (Å²) >= 11 is 0. The number of amides is 1. The third-order valence-electron chi connectivity index (χ3n) is 4.66. The van der Waals surface area contributed by atoms with Crippen LogP contribution >= 0.6 is 0 Å². The zero-order valence-corrected chi connectivity index (χ0v) is 14.0. The van der Waals surface area contributed by atoms with Crippen LogP contribution in [-0.2, 0) is 23.9 Å². The molecule has 0 aromatic heterocycles. The second-order valence-electron chi connectivity index (χ2n) is 6.27. The number of carbonyl (C=O) groups excluding carboxylic acids is 1. The third kappa shape index (κ3) is 3.51. The fourth-order valence-corrected chi connectivity index (χ4v) is 3.22. The molecule has 0 bridgehead atoms. The van der Waals surface area contributed by atoms with Crippen molar-refractivity contribution in [3.8, 4) is 11.1 Å². The number of aliphatic hydroxyl groups is 1. The van der Waals surface area contributed by atoms with Gasteiger partial charge in [0.05, 0.1) is 18.2 Å². The lowest BCUT2D eigenvalue weighted by Gasteiger charge is -2.35. The van der Waals surface area contributed by atoms with Gasteiger partial charge in [-0.25, -0.2) is 0 Å². The third-order valence-corrected chi connectivity index (χ3v) is 4.66. The van der Waals surface area contributed by atoms with Gasteiger partial charge in [-0.15, -0.1) is 0 Å². The van der Waals surface area contributed by atoms with Gasteiger partial charge in [0.1, 0.15) is 0 Å². The van der Waals surface area contributed by atoms with Crippen LogP contribution in [0.4, 0.5) is 13.2 Å². The summed E-state index contributed by atoms with van der Waals surface area (Å²) in [6.07, 6.45) is -2.62. The van der Waals surface area contributed by atoms with Crippen LogP contribution in [0.2, 0.25) is 0 Å². The largest absolute Gasteiger partial charge is 0.416 e. The minimum Gasteiger partial charge on any atom is -0.394 e. The molecule has 1 aliphatic rings. The van der Waals surface area contributed by atoms with E-state index in [1.54, 1.807) is 4.90 Å². The van der Waals surface area contributed by atoms with E-state index in [9.17, 15) is 23.1 Å². The molecule has 1 heterocycles. The number of carbonyl (C=O) groups is 1. The van der Waals surface area contributed by atoms with Crippen LogP contribution < -0.4 is 0 Å². The van der Waals surface area contributed by atoms with E-state index in [0.717, 1.165) is 28.8 Å². The number of hydrogen-bond donors (Lipinski definition) is 1. The molecule has 26 heavy (non-hydrogen) atoms. The number of benzene rings is 2. The highest BCUT2D eigenvalue weighted by atomic mass is 19.4. The van der Waals surface area contributed by atoms with Crippen molar-refractivity contribution in [1.82, 2.24) is 4.90 Å². The minimum absolute atomic E-state index is 0.139. The van der Waals surface area contributed by atoms with Crippen LogP contribution in [0.1, 0.15) is 16.7 Å². The Balaban J connectivity index is 1.92. The first-order chi connectivity index (χ1) is 12.3. The van der Waals surface area contributed by atoms with E-state index < -0.39 is 11.7 Å². The molecular weight excluding hydrogens is 343 g/mol. The Morgan fingerprint density at radius 1 is 1.15 bits per heavy atom. The molecule has 136 valence electrons. The van der Waals surface area contributed by atoms with Gasteiger partial charge in [-0.3, -0.25) is 4.79 Å². The first kappa shape index (κ1) is 18.2. The van der Waals surface area contributed by atoms with Gasteiger partial charge in [0.25, 0.3) is 0 Å². The molecule has 3 rings (SSSR count). The second kappa shape index (κ2) is 6.96. The number of alkyl halides is 3. The highest BCUT2D eigenvalue weighted by molar-refractivity contribution is 5.87. The molecule has 1 unspecified atom stereocenters. The van der Waals surface area contributed by atoms with Gasteiger partial charge in [-0.05, 0) is 52.9 Å². The van der Waals surface area contributed by atoms with Gasteiger partial charge < -0.3 is 10.0 Å². The van der Waals surface area contributed by atoms with Crippen molar-refractivity contribution >= 4 is 5.91 Å². The first-order valence-corrected chi connectivity index (χ1v) is 8.17. The van der Waals surface area contributed by atoms with E-state index in [2.05, 4.69) is 6.58 Å². The fraction of sp³-hybridized carbons (Fsp3) is 0.250. The Bertz CT molecular complexity index is 828. The van der Waals surface area contributed by atoms with Crippen LogP contribution in [0.5, 0.6) is 0 Å². The highest BCUT2D eigenvalue weighted by Gasteiger charge is 2.30. The molecule has 1 atom stereocenters. The predicted molar refractivity (Wildman–Crippen MR) is 92.2 cm³/mol. The van der Waals surface area contributed by atoms with Crippen LogP contribution in [0.3, 0.4) is 0 Å². The number of aliphatic hydroxyl groups excluding tert-OH is 1. The van der Waals surface area contributed by atoms with Crippen LogP contribution in [0.15, 0.2) is 55.1 Å². The Labute approximate surface area is 149 Å². The average molecular weight is 361 g/mol. The Morgan fingerprint density at radius 3 is 2.38 bits per heavy atom. The summed E-state index contributed by atoms with van der Waals surface area (Å²) in [6, 6.07) is 10.3. The Morgan fingerprint density at radius 2 is 1.81 bits per heavy atom. The van der Waals surface area contributed by atoms with Gasteiger partial charge in [0.15, 0.2) is 0 Å². The highest BCUT2D eigenvalue weighted by Crippen LogP contribution is 2.32. The molecule has 2 aromatic carbocycles. The molecule has 0 aliphatic carbocycles. The molecule has 0 spiro atoms. The van der Waals surface area contributed by atoms with E-state index in [-0.39, 0.29) is 18.6 Å². The summed E-state index contributed by atoms with van der Waals surface area (Å²) in [5.74, 6) is -0.255. The molecule has 6 heteroatoms. The maximum atomic E-state index is 12.7. The molecule has 2 aromatic rings. The van der Waals surface area contributed by atoms with E-state index in [0.29, 0.717) is 18.5 Å². The maximum absolute atomic E-state index is 12.7. The van der Waals surface area contributed by atoms with E-state index >= 15 is 0 Å². The van der Waals surface area contributed by atoms with Gasteiger partial charge in [-0.2, -0.15) is 13.2 Å². The smallest absolute Gasteiger partial charge is 0.394 e. The number of hydrogen-bond acceptors (Lipinski definition) is 2. The van der Waals surface area contributed by atoms with Crippen molar-refractivity contribution in [2.75, 3.05) is 6.61 Å². The second-order valence-corrected chi connectivity index (χ2v) is 6.27. The number of fused-ring (bicyclic) bond motifs is 1. The lowest BCUT2D eigenvalue weighted by molar-refractivity contribution is -0.137. The lowest BCUT2D eigenvalue weighted by Crippen LogP contribution is -2.45. The zero-order valence-electron chi connectivity index (χ0n) is 14.0. The van der Waals surface area contributed by atoms with Crippen molar-refractivity contribution in [2.24, 2.45) is 0 Å². The first-order valence-electron chi connectivity index (χ1n) is 8.17. The SMILES string of the molecule is C=CC(=O)N1Cc2cc(-c3ccc(C(F)(F)F)cc3)ccc2CC1CO. The van der Waals surface area contributed by atoms with Crippen molar-refractivity contribution in [2.45, 2.75) is 25.2 Å². The summed E-state index contributed by atoms with van der Waals surface area (Å²) in [4.78, 5) is 13.6.